The van der Waals surface area contributed by atoms with Crippen LogP contribution in [0, 0.1) is 0 Å². The Morgan fingerprint density at radius 3 is 1.82 bits per heavy atom. The van der Waals surface area contributed by atoms with Crippen molar-refractivity contribution in [2.45, 2.75) is 116 Å². The van der Waals surface area contributed by atoms with Crippen LogP contribution in [-0.2, 0) is 9.59 Å². The summed E-state index contributed by atoms with van der Waals surface area (Å²) in [6.45, 7) is 3.61. The molecule has 0 heterocycles. The number of hydrogen-bond acceptors (Lipinski definition) is 3. The van der Waals surface area contributed by atoms with Crippen LogP contribution in [0.15, 0.2) is 12.2 Å². The van der Waals surface area contributed by atoms with Gasteiger partial charge in [0.15, 0.2) is 6.04 Å². The van der Waals surface area contributed by atoms with Crippen LogP contribution in [0.1, 0.15) is 107 Å². The van der Waals surface area contributed by atoms with Crippen molar-refractivity contribution < 1.29 is 22.7 Å². The zero-order valence-electron chi connectivity index (χ0n) is 20.1. The summed E-state index contributed by atoms with van der Waals surface area (Å²) >= 11 is 0. The van der Waals surface area contributed by atoms with E-state index in [0.29, 0.717) is 6.42 Å². The van der Waals surface area contributed by atoms with Crippen LogP contribution in [0.2, 0.25) is 0 Å². The topological polar surface area (TPSA) is 86.6 Å². The Balaban J connectivity index is -0.00000113. The first-order chi connectivity index (χ1) is 13.0. The number of allylic oxidation sites excluding steroid dienone is 2. The molecule has 0 aliphatic heterocycles. The molecule has 0 bridgehead atoms. The fourth-order valence-electron chi connectivity index (χ4n) is 2.99. The Bertz CT molecular complexity index is 424. The van der Waals surface area contributed by atoms with E-state index in [1.54, 1.807) is 0 Å². The Kier molecular flexibility index (Phi) is 23.6. The van der Waals surface area contributed by atoms with E-state index in [9.17, 15) is 14.7 Å². The van der Waals surface area contributed by atoms with Gasteiger partial charge in [-0.05, 0) is 39.0 Å². The van der Waals surface area contributed by atoms with Crippen LogP contribution >= 0.6 is 0 Å². The summed E-state index contributed by atoms with van der Waals surface area (Å²) in [5, 5.41) is 20.6. The molecule has 0 saturated heterocycles. The zero-order valence-corrected chi connectivity index (χ0v) is 21.6. The van der Waals surface area contributed by atoms with Gasteiger partial charge in [0.2, 0.25) is 5.91 Å². The van der Waals surface area contributed by atoms with E-state index in [2.05, 4.69) is 24.4 Å². The molecule has 0 radical (unpaired) electrons. The van der Waals surface area contributed by atoms with Crippen LogP contribution < -0.4 is 5.32 Å². The summed E-state index contributed by atoms with van der Waals surface area (Å²) < 4.78 is 0. The van der Waals surface area contributed by atoms with Crippen LogP contribution in [0.5, 0.6) is 0 Å². The second kappa shape index (κ2) is 21.8. The number of aliphatic hydroxyl groups excluding tert-OH is 1. The van der Waals surface area contributed by atoms with Crippen molar-refractivity contribution in [2.24, 2.45) is 0 Å². The summed E-state index contributed by atoms with van der Waals surface area (Å²) in [7, 11) is 0. The smallest absolute Gasteiger partial charge is 1.00 e. The fourth-order valence-corrected chi connectivity index (χ4v) is 2.99. The molecule has 28 heavy (non-hydrogen) atoms. The van der Waals surface area contributed by atoms with Crippen molar-refractivity contribution in [1.29, 1.82) is 0 Å². The number of nitrogens with one attached hydrogen (secondary N) is 1. The van der Waals surface area contributed by atoms with Gasteiger partial charge in [-0.2, -0.15) is 0 Å². The number of rotatable bonds is 18. The van der Waals surface area contributed by atoms with Gasteiger partial charge < -0.3 is 18.4 Å². The summed E-state index contributed by atoms with van der Waals surface area (Å²) in [4.78, 5) is 22.6. The van der Waals surface area contributed by atoms with E-state index in [-0.39, 0.29) is 54.2 Å². The summed E-state index contributed by atoms with van der Waals surface area (Å²) in [6.07, 6.45) is 19.4. The molecule has 3 N–H and O–H groups in total. The van der Waals surface area contributed by atoms with Crippen molar-refractivity contribution in [3.8, 4) is 0 Å². The van der Waals surface area contributed by atoms with Crippen molar-refractivity contribution in [1.82, 2.24) is 5.32 Å². The quantitative estimate of drug-likeness (QED) is 0.151. The van der Waals surface area contributed by atoms with E-state index in [1.165, 1.54) is 58.3 Å². The third kappa shape index (κ3) is 19.4. The number of unbranched alkanes of at least 4 members (excludes halogenated alkanes) is 11. The number of aliphatic hydroxyl groups is 1. The number of carboxylic acid groups (broad SMARTS) is 1. The first-order valence-electron chi connectivity index (χ1n) is 10.8. The van der Waals surface area contributed by atoms with Crippen LogP contribution in [0.3, 0.4) is 0 Å². The molecule has 2 atom stereocenters. The maximum absolute atomic E-state index is 11.7. The number of hydrogen-bond donors (Lipinski definition) is 3. The molecule has 0 saturated carbocycles. The molecule has 0 aliphatic carbocycles. The molecule has 162 valence electrons. The predicted molar refractivity (Wildman–Crippen MR) is 119 cm³/mol. The Hall–Kier alpha value is 0.121. The second-order valence-corrected chi connectivity index (χ2v) is 7.46. The minimum Gasteiger partial charge on any atom is -1.00 e. The molecule has 6 heteroatoms. The summed E-state index contributed by atoms with van der Waals surface area (Å²) in [5.74, 6) is -1.51. The van der Waals surface area contributed by atoms with Crippen LogP contribution in [0.4, 0.5) is 0 Å². The second-order valence-electron chi connectivity index (χ2n) is 7.46. The van der Waals surface area contributed by atoms with E-state index in [1.807, 2.05) is 0 Å². The van der Waals surface area contributed by atoms with Crippen molar-refractivity contribution >= 4 is 57.4 Å². The normalized spacial score (nSPS) is 13.1. The van der Waals surface area contributed by atoms with Crippen LogP contribution in [0.25, 0.3) is 0 Å². The van der Waals surface area contributed by atoms with Crippen molar-refractivity contribution in [3.05, 3.63) is 12.2 Å². The number of carboxylic acids is 1. The SMILES string of the molecule is CCCCCCCC/C=C\CCCCCCCC(=O)N[C@H](C(=O)O)[C@@H](C)O.[H-].[H-].[Sr+2]. The first-order valence-corrected chi connectivity index (χ1v) is 10.8. The van der Waals surface area contributed by atoms with Gasteiger partial charge in [0.1, 0.15) is 0 Å². The minimum absolute atomic E-state index is 0. The van der Waals surface area contributed by atoms with Crippen molar-refractivity contribution in [2.75, 3.05) is 0 Å². The minimum atomic E-state index is -1.22. The maximum atomic E-state index is 11.7. The molecular formula is C22H43NO4Sr. The number of amides is 1. The summed E-state index contributed by atoms with van der Waals surface area (Å²) in [5.41, 5.74) is 0. The molecule has 0 aromatic heterocycles. The van der Waals surface area contributed by atoms with Crippen LogP contribution in [-0.4, -0.2) is 79.7 Å². The maximum Gasteiger partial charge on any atom is 2.00 e. The van der Waals surface area contributed by atoms with Gasteiger partial charge in [0.05, 0.1) is 6.10 Å². The Labute approximate surface area is 212 Å². The number of carbonyl (C=O) groups is 2. The van der Waals surface area contributed by atoms with Crippen molar-refractivity contribution in [3.63, 3.8) is 0 Å². The Morgan fingerprint density at radius 2 is 1.36 bits per heavy atom. The third-order valence-corrected chi connectivity index (χ3v) is 4.73. The molecule has 5 nitrogen and oxygen atoms in total. The molecule has 1 amide bonds. The molecule has 0 rings (SSSR count). The van der Waals surface area contributed by atoms with Gasteiger partial charge in [0.25, 0.3) is 0 Å². The van der Waals surface area contributed by atoms with Gasteiger partial charge in [-0.25, -0.2) is 4.79 Å². The third-order valence-electron chi connectivity index (χ3n) is 4.73. The summed E-state index contributed by atoms with van der Waals surface area (Å²) in [6, 6.07) is -1.22. The predicted octanol–water partition coefficient (Wildman–Crippen LogP) is 4.82. The van der Waals surface area contributed by atoms with E-state index < -0.39 is 18.1 Å². The first kappa shape index (κ1) is 30.3. The van der Waals surface area contributed by atoms with Gasteiger partial charge in [-0.15, -0.1) is 0 Å². The van der Waals surface area contributed by atoms with E-state index in [0.717, 1.165) is 32.1 Å². The molecular weight excluding hydrogens is 430 g/mol. The van der Waals surface area contributed by atoms with Gasteiger partial charge >= 0.3 is 51.5 Å². The van der Waals surface area contributed by atoms with E-state index >= 15 is 0 Å². The monoisotopic (exact) mass is 473 g/mol. The number of aliphatic carboxylic acids is 1. The fraction of sp³-hybridized carbons (Fsp3) is 0.818. The molecule has 0 spiro atoms. The zero-order chi connectivity index (χ0) is 20.3. The molecule has 0 fully saturated rings. The van der Waals surface area contributed by atoms with Gasteiger partial charge in [0, 0.05) is 6.42 Å². The molecule has 0 unspecified atom stereocenters. The number of carbonyl (C=O) groups excluding carboxylic acids is 1. The standard InChI is InChI=1S/C22H41NO4.Sr.2H/c1-3-4-5-6-7-8-9-10-11-12-13-14-15-16-17-18-20(25)23-21(19(2)24)22(26)27;;;/h10-11,19,21,24H,3-9,12-18H2,1-2H3,(H,23,25)(H,26,27);;;/q;+2;2*-1/b11-10-;;;/t19-,21+;;;/m1.../s1. The average molecular weight is 473 g/mol. The largest absolute Gasteiger partial charge is 2.00 e. The molecule has 0 aliphatic rings. The van der Waals surface area contributed by atoms with E-state index in [4.69, 9.17) is 5.11 Å². The average Bonchev–Trinajstić information content (AvgIpc) is 2.62. The molecule has 0 aromatic rings. The van der Waals surface area contributed by atoms with Gasteiger partial charge in [-0.3, -0.25) is 4.79 Å². The Morgan fingerprint density at radius 1 is 0.893 bits per heavy atom. The van der Waals surface area contributed by atoms with Gasteiger partial charge in [-0.1, -0.05) is 70.4 Å². The molecule has 0 aromatic carbocycles.